The lowest BCUT2D eigenvalue weighted by Gasteiger charge is -2.15. The van der Waals surface area contributed by atoms with Crippen LogP contribution in [0.1, 0.15) is 15.9 Å². The van der Waals surface area contributed by atoms with Crippen molar-refractivity contribution in [2.45, 2.75) is 6.92 Å². The number of carbonyl (C=O) groups is 1. The lowest BCUT2D eigenvalue weighted by molar-refractivity contribution is -0.385. The van der Waals surface area contributed by atoms with E-state index in [-0.39, 0.29) is 10.6 Å². The molecule has 0 unspecified atom stereocenters. The average Bonchev–Trinajstić information content (AvgIpc) is 2.43. The third kappa shape index (κ3) is 3.29. The van der Waals surface area contributed by atoms with Crippen LogP contribution in [0.4, 0.5) is 11.4 Å². The molecule has 0 bridgehead atoms. The maximum atomic E-state index is 12.1. The Labute approximate surface area is 125 Å². The van der Waals surface area contributed by atoms with Crippen LogP contribution in [0.25, 0.3) is 0 Å². The van der Waals surface area contributed by atoms with Crippen LogP contribution in [0, 0.1) is 17.0 Å². The normalized spacial score (nSPS) is 10.2. The highest BCUT2D eigenvalue weighted by Crippen LogP contribution is 2.30. The number of hydrogen-bond acceptors (Lipinski definition) is 4. The van der Waals surface area contributed by atoms with Crippen molar-refractivity contribution in [3.05, 3.63) is 62.7 Å². The number of nitro benzene ring substituents is 1. The maximum Gasteiger partial charge on any atom is 0.271 e. The van der Waals surface area contributed by atoms with Crippen LogP contribution in [0.2, 0.25) is 5.02 Å². The van der Waals surface area contributed by atoms with Gasteiger partial charge in [-0.1, -0.05) is 35.0 Å². The number of anilines is 1. The molecule has 108 valence electrons. The molecule has 0 aliphatic heterocycles. The number of nitrogens with one attached hydrogen (secondary N) is 1. The highest BCUT2D eigenvalue weighted by atomic mass is 35.5. The van der Waals surface area contributed by atoms with E-state index < -0.39 is 22.3 Å². The predicted molar refractivity (Wildman–Crippen MR) is 76.7 cm³/mol. The molecule has 0 saturated carbocycles. The van der Waals surface area contributed by atoms with Crippen molar-refractivity contribution in [1.82, 2.24) is 0 Å². The summed E-state index contributed by atoms with van der Waals surface area (Å²) in [6, 6.07) is 8.74. The highest BCUT2D eigenvalue weighted by molar-refractivity contribution is 6.33. The number of hydrogen-bond donors (Lipinski definition) is 1. The smallest absolute Gasteiger partial charge is 0.271 e. The first-order chi connectivity index (χ1) is 9.88. The molecule has 21 heavy (non-hydrogen) atoms. The van der Waals surface area contributed by atoms with Gasteiger partial charge in [-0.05, 0) is 19.1 Å². The van der Waals surface area contributed by atoms with Gasteiger partial charge < -0.3 is 10.4 Å². The monoisotopic (exact) mass is 305 g/mol. The van der Waals surface area contributed by atoms with Crippen LogP contribution in [0.3, 0.4) is 0 Å². The molecule has 0 radical (unpaired) electrons. The number of halogens is 1. The summed E-state index contributed by atoms with van der Waals surface area (Å²) < 4.78 is 0. The van der Waals surface area contributed by atoms with Gasteiger partial charge in [-0.3, -0.25) is 14.9 Å². The van der Waals surface area contributed by atoms with Crippen molar-refractivity contribution < 1.29 is 14.8 Å². The summed E-state index contributed by atoms with van der Waals surface area (Å²) in [5.74, 6) is -1.48. The summed E-state index contributed by atoms with van der Waals surface area (Å²) in [7, 11) is 0. The van der Waals surface area contributed by atoms with Crippen molar-refractivity contribution in [1.29, 1.82) is 0 Å². The van der Waals surface area contributed by atoms with E-state index in [2.05, 4.69) is 5.32 Å². The maximum absolute atomic E-state index is 12.1. The largest absolute Gasteiger partial charge is 0.871 e. The molecular formula is C14H10ClN2O4-. The van der Waals surface area contributed by atoms with Crippen LogP contribution in [0.5, 0.6) is 5.75 Å². The number of nitrogens with zero attached hydrogens (tertiary/aromatic N) is 1. The van der Waals surface area contributed by atoms with Gasteiger partial charge in [0.1, 0.15) is 0 Å². The Morgan fingerprint density at radius 2 is 1.86 bits per heavy atom. The standard InChI is InChI=1S/C14H11ClN2O4/c1-8-2-4-9(5-3-8)16-14(19)11-6-10(17(20)21)7-12(15)13(11)18/h2-7,18H,1H3,(H,16,19)/p-1. The minimum absolute atomic E-state index is 0.363. The second-order valence-corrected chi connectivity index (χ2v) is 4.79. The molecule has 1 N–H and O–H groups in total. The molecule has 2 aromatic carbocycles. The van der Waals surface area contributed by atoms with Gasteiger partial charge >= 0.3 is 0 Å². The number of non-ortho nitro benzene ring substituents is 1. The van der Waals surface area contributed by atoms with Gasteiger partial charge in [-0.25, -0.2) is 0 Å². The Bertz CT molecular complexity index is 714. The first-order valence-electron chi connectivity index (χ1n) is 5.91. The van der Waals surface area contributed by atoms with Crippen LogP contribution >= 0.6 is 11.6 Å². The van der Waals surface area contributed by atoms with E-state index in [1.165, 1.54) is 0 Å². The zero-order valence-corrected chi connectivity index (χ0v) is 11.7. The Morgan fingerprint density at radius 3 is 2.43 bits per heavy atom. The second-order valence-electron chi connectivity index (χ2n) is 4.38. The van der Waals surface area contributed by atoms with Crippen LogP contribution in [0.15, 0.2) is 36.4 Å². The molecule has 0 spiro atoms. The number of aryl methyl sites for hydroxylation is 1. The number of benzene rings is 2. The Balaban J connectivity index is 2.34. The van der Waals surface area contributed by atoms with Gasteiger partial charge in [0.25, 0.3) is 11.6 Å². The lowest BCUT2D eigenvalue weighted by atomic mass is 10.1. The third-order valence-corrected chi connectivity index (χ3v) is 3.07. The minimum atomic E-state index is -0.744. The summed E-state index contributed by atoms with van der Waals surface area (Å²) in [6.07, 6.45) is 0. The summed E-state index contributed by atoms with van der Waals surface area (Å²) in [5.41, 5.74) is 0.715. The summed E-state index contributed by atoms with van der Waals surface area (Å²) >= 11 is 5.63. The molecule has 0 aromatic heterocycles. The number of amides is 1. The van der Waals surface area contributed by atoms with Crippen molar-refractivity contribution in [3.8, 4) is 5.75 Å². The molecule has 0 aliphatic rings. The molecule has 7 heteroatoms. The molecule has 0 saturated heterocycles. The van der Waals surface area contributed by atoms with Crippen LogP contribution in [-0.4, -0.2) is 10.8 Å². The van der Waals surface area contributed by atoms with Crippen molar-refractivity contribution in [3.63, 3.8) is 0 Å². The highest BCUT2D eigenvalue weighted by Gasteiger charge is 2.16. The molecule has 0 heterocycles. The van der Waals surface area contributed by atoms with E-state index in [1.54, 1.807) is 24.3 Å². The lowest BCUT2D eigenvalue weighted by Crippen LogP contribution is -2.15. The first-order valence-corrected chi connectivity index (χ1v) is 6.29. The summed E-state index contributed by atoms with van der Waals surface area (Å²) in [6.45, 7) is 1.89. The van der Waals surface area contributed by atoms with E-state index >= 15 is 0 Å². The average molecular weight is 306 g/mol. The molecular weight excluding hydrogens is 296 g/mol. The van der Waals surface area contributed by atoms with Gasteiger partial charge in [0, 0.05) is 28.4 Å². The van der Waals surface area contributed by atoms with E-state index in [0.29, 0.717) is 5.69 Å². The Morgan fingerprint density at radius 1 is 1.24 bits per heavy atom. The van der Waals surface area contributed by atoms with Gasteiger partial charge in [0.05, 0.1) is 4.92 Å². The quantitative estimate of drug-likeness (QED) is 0.696. The minimum Gasteiger partial charge on any atom is -0.871 e. The van der Waals surface area contributed by atoms with Crippen molar-refractivity contribution in [2.24, 2.45) is 0 Å². The zero-order valence-electron chi connectivity index (χ0n) is 10.9. The molecule has 1 amide bonds. The Hall–Kier alpha value is -2.60. The molecule has 2 rings (SSSR count). The van der Waals surface area contributed by atoms with Gasteiger partial charge in [0.2, 0.25) is 0 Å². The number of rotatable bonds is 3. The first kappa shape index (κ1) is 14.8. The van der Waals surface area contributed by atoms with Gasteiger partial charge in [-0.15, -0.1) is 0 Å². The number of carbonyl (C=O) groups excluding carboxylic acids is 1. The third-order valence-electron chi connectivity index (χ3n) is 2.79. The van der Waals surface area contributed by atoms with Gasteiger partial charge in [-0.2, -0.15) is 0 Å². The fraction of sp³-hybridized carbons (Fsp3) is 0.0714. The fourth-order valence-corrected chi connectivity index (χ4v) is 1.90. The molecule has 2 aromatic rings. The summed E-state index contributed by atoms with van der Waals surface area (Å²) in [5, 5.41) is 24.7. The molecule has 0 aliphatic carbocycles. The SMILES string of the molecule is Cc1ccc(NC(=O)c2cc([N+](=O)[O-])cc(Cl)c2[O-])cc1. The van der Waals surface area contributed by atoms with E-state index in [9.17, 15) is 20.0 Å². The second kappa shape index (κ2) is 5.80. The van der Waals surface area contributed by atoms with E-state index in [1.807, 2.05) is 6.92 Å². The fourth-order valence-electron chi connectivity index (χ4n) is 1.69. The van der Waals surface area contributed by atoms with Gasteiger partial charge in [0.15, 0.2) is 0 Å². The molecule has 0 atom stereocenters. The number of nitro groups is 1. The van der Waals surface area contributed by atoms with E-state index in [4.69, 9.17) is 11.6 Å². The Kier molecular flexibility index (Phi) is 4.09. The van der Waals surface area contributed by atoms with Crippen molar-refractivity contribution >= 4 is 28.9 Å². The van der Waals surface area contributed by atoms with Crippen LogP contribution < -0.4 is 10.4 Å². The van der Waals surface area contributed by atoms with Crippen molar-refractivity contribution in [2.75, 3.05) is 5.32 Å². The van der Waals surface area contributed by atoms with Crippen LogP contribution in [-0.2, 0) is 0 Å². The topological polar surface area (TPSA) is 95.3 Å². The zero-order chi connectivity index (χ0) is 15.6. The van der Waals surface area contributed by atoms with E-state index in [0.717, 1.165) is 17.7 Å². The predicted octanol–water partition coefficient (Wildman–Crippen LogP) is 2.88. The summed E-state index contributed by atoms with van der Waals surface area (Å²) in [4.78, 5) is 22.1. The molecule has 6 nitrogen and oxygen atoms in total. The molecule has 0 fully saturated rings.